The van der Waals surface area contributed by atoms with E-state index in [2.05, 4.69) is 0 Å². The van der Waals surface area contributed by atoms with Crippen LogP contribution in [0.25, 0.3) is 0 Å². The largest absolute Gasteiger partial charge is 0.508 e. The number of aliphatic hydroxyl groups excluding tert-OH is 1. The topological polar surface area (TPSA) is 87.0 Å². The summed E-state index contributed by atoms with van der Waals surface area (Å²) in [4.78, 5) is 10.4. The van der Waals surface area contributed by atoms with E-state index in [1.807, 2.05) is 0 Å². The van der Waals surface area contributed by atoms with Gasteiger partial charge in [-0.2, -0.15) is 0 Å². The van der Waals surface area contributed by atoms with Crippen molar-refractivity contribution in [1.29, 1.82) is 0 Å². The zero-order chi connectivity index (χ0) is 13.8. The van der Waals surface area contributed by atoms with Crippen LogP contribution in [-0.2, 0) is 4.79 Å². The number of carbonyl (C=O) groups is 1. The lowest BCUT2D eigenvalue weighted by atomic mass is 9.96. The van der Waals surface area contributed by atoms with Crippen molar-refractivity contribution in [3.63, 3.8) is 0 Å². The molecular weight excluding hydrogens is 248 g/mol. The van der Waals surface area contributed by atoms with Gasteiger partial charge in [-0.15, -0.1) is 0 Å². The van der Waals surface area contributed by atoms with E-state index in [0.29, 0.717) is 30.6 Å². The fourth-order valence-corrected chi connectivity index (χ4v) is 2.33. The molecule has 1 aromatic carbocycles. The normalized spacial score (nSPS) is 21.5. The molecule has 2 rings (SSSR count). The summed E-state index contributed by atoms with van der Waals surface area (Å²) in [5, 5.41) is 28.0. The van der Waals surface area contributed by atoms with Crippen molar-refractivity contribution < 1.29 is 24.9 Å². The highest BCUT2D eigenvalue weighted by Crippen LogP contribution is 2.37. The van der Waals surface area contributed by atoms with Gasteiger partial charge < -0.3 is 20.1 Å². The Balaban J connectivity index is 1.91. The predicted molar refractivity (Wildman–Crippen MR) is 68.2 cm³/mol. The molecular formula is C14H18O5. The van der Waals surface area contributed by atoms with E-state index in [4.69, 9.17) is 9.84 Å². The second-order valence-corrected chi connectivity index (χ2v) is 4.85. The highest BCUT2D eigenvalue weighted by Gasteiger charge is 2.26. The summed E-state index contributed by atoms with van der Waals surface area (Å²) in [6.45, 7) is 0. The van der Waals surface area contributed by atoms with Gasteiger partial charge in [0.25, 0.3) is 0 Å². The van der Waals surface area contributed by atoms with Gasteiger partial charge in [0.05, 0.1) is 6.10 Å². The second-order valence-electron chi connectivity index (χ2n) is 4.85. The van der Waals surface area contributed by atoms with Gasteiger partial charge in [-0.25, -0.2) is 0 Å². The van der Waals surface area contributed by atoms with Crippen LogP contribution >= 0.6 is 0 Å². The smallest absolute Gasteiger partial charge is 0.303 e. The van der Waals surface area contributed by atoms with E-state index in [1.165, 1.54) is 12.1 Å². The number of phenols is 1. The highest BCUT2D eigenvalue weighted by atomic mass is 16.5. The number of hydrogen-bond acceptors (Lipinski definition) is 4. The summed E-state index contributed by atoms with van der Waals surface area (Å²) in [7, 11) is 0. The molecule has 0 fully saturated rings. The predicted octanol–water partition coefficient (Wildman–Crippen LogP) is 2.22. The first-order valence-corrected chi connectivity index (χ1v) is 6.45. The van der Waals surface area contributed by atoms with Crippen LogP contribution < -0.4 is 4.74 Å². The SMILES string of the molecule is O=C(O)CCCCC1CC(O)c2ccc(O)cc2O1. The van der Waals surface area contributed by atoms with Crippen LogP contribution in [0.15, 0.2) is 18.2 Å². The molecule has 0 amide bonds. The number of carboxylic acid groups (broad SMARTS) is 1. The van der Waals surface area contributed by atoms with Gasteiger partial charge in [-0.1, -0.05) is 0 Å². The Kier molecular flexibility index (Phi) is 4.27. The number of hydrogen-bond donors (Lipinski definition) is 3. The third-order valence-electron chi connectivity index (χ3n) is 3.30. The first-order chi connectivity index (χ1) is 9.06. The minimum absolute atomic E-state index is 0.109. The van der Waals surface area contributed by atoms with Gasteiger partial charge in [-0.05, 0) is 31.4 Å². The van der Waals surface area contributed by atoms with E-state index in [1.54, 1.807) is 6.07 Å². The number of aliphatic hydroxyl groups is 1. The molecule has 0 saturated heterocycles. The van der Waals surface area contributed by atoms with Crippen LogP contribution in [0.1, 0.15) is 43.8 Å². The molecule has 2 atom stereocenters. The van der Waals surface area contributed by atoms with Crippen LogP contribution in [0, 0.1) is 0 Å². The molecule has 1 aliphatic rings. The molecule has 19 heavy (non-hydrogen) atoms. The van der Waals surface area contributed by atoms with Crippen molar-refractivity contribution in [2.24, 2.45) is 0 Å². The number of aliphatic carboxylic acids is 1. The molecule has 0 radical (unpaired) electrons. The Morgan fingerprint density at radius 3 is 2.89 bits per heavy atom. The van der Waals surface area contributed by atoms with Gasteiger partial charge in [-0.3, -0.25) is 4.79 Å². The highest BCUT2D eigenvalue weighted by molar-refractivity contribution is 5.66. The van der Waals surface area contributed by atoms with Crippen LogP contribution in [0.3, 0.4) is 0 Å². The van der Waals surface area contributed by atoms with Crippen molar-refractivity contribution in [1.82, 2.24) is 0 Å². The molecule has 2 unspecified atom stereocenters. The number of ether oxygens (including phenoxy) is 1. The molecule has 1 heterocycles. The average molecular weight is 266 g/mol. The summed E-state index contributed by atoms with van der Waals surface area (Å²) in [6.07, 6.45) is 2.01. The third kappa shape index (κ3) is 3.61. The lowest BCUT2D eigenvalue weighted by molar-refractivity contribution is -0.137. The first kappa shape index (κ1) is 13.7. The Hall–Kier alpha value is -1.75. The molecule has 0 spiro atoms. The molecule has 0 saturated carbocycles. The summed E-state index contributed by atoms with van der Waals surface area (Å²) in [6, 6.07) is 4.69. The lowest BCUT2D eigenvalue weighted by Gasteiger charge is -2.29. The summed E-state index contributed by atoms with van der Waals surface area (Å²) < 4.78 is 5.72. The standard InChI is InChI=1S/C14H18O5/c15-9-5-6-11-12(16)8-10(19-13(11)7-9)3-1-2-4-14(17)18/h5-7,10,12,15-16H,1-4,8H2,(H,17,18). The minimum Gasteiger partial charge on any atom is -0.508 e. The number of rotatable bonds is 5. The van der Waals surface area contributed by atoms with Gasteiger partial charge >= 0.3 is 5.97 Å². The summed E-state index contributed by atoms with van der Waals surface area (Å²) in [5.74, 6) is -0.167. The van der Waals surface area contributed by atoms with E-state index >= 15 is 0 Å². The molecule has 3 N–H and O–H groups in total. The molecule has 0 aromatic heterocycles. The molecule has 0 bridgehead atoms. The van der Waals surface area contributed by atoms with Crippen molar-refractivity contribution in [3.8, 4) is 11.5 Å². The fraction of sp³-hybridized carbons (Fsp3) is 0.500. The number of unbranched alkanes of at least 4 members (excludes halogenated alkanes) is 1. The van der Waals surface area contributed by atoms with Crippen LogP contribution in [0.2, 0.25) is 0 Å². The molecule has 1 aromatic rings. The molecule has 104 valence electrons. The van der Waals surface area contributed by atoms with E-state index < -0.39 is 12.1 Å². The minimum atomic E-state index is -0.792. The maximum atomic E-state index is 10.4. The van der Waals surface area contributed by atoms with Gasteiger partial charge in [0.1, 0.15) is 17.6 Å². The number of fused-ring (bicyclic) bond motifs is 1. The monoisotopic (exact) mass is 266 g/mol. The zero-order valence-corrected chi connectivity index (χ0v) is 10.6. The van der Waals surface area contributed by atoms with Crippen LogP contribution in [0.4, 0.5) is 0 Å². The lowest BCUT2D eigenvalue weighted by Crippen LogP contribution is -2.25. The third-order valence-corrected chi connectivity index (χ3v) is 3.30. The van der Waals surface area contributed by atoms with Crippen LogP contribution in [0.5, 0.6) is 11.5 Å². The first-order valence-electron chi connectivity index (χ1n) is 6.45. The molecule has 5 nitrogen and oxygen atoms in total. The van der Waals surface area contributed by atoms with E-state index in [0.717, 1.165) is 6.42 Å². The fourth-order valence-electron chi connectivity index (χ4n) is 2.33. The number of benzene rings is 1. The number of carboxylic acids is 1. The number of phenolic OH excluding ortho intramolecular Hbond substituents is 1. The summed E-state index contributed by atoms with van der Waals surface area (Å²) >= 11 is 0. The van der Waals surface area contributed by atoms with Crippen molar-refractivity contribution >= 4 is 5.97 Å². The van der Waals surface area contributed by atoms with Gasteiger partial charge in [0, 0.05) is 24.5 Å². The Morgan fingerprint density at radius 2 is 2.16 bits per heavy atom. The zero-order valence-electron chi connectivity index (χ0n) is 10.6. The van der Waals surface area contributed by atoms with Gasteiger partial charge in [0.15, 0.2) is 0 Å². The van der Waals surface area contributed by atoms with E-state index in [-0.39, 0.29) is 18.3 Å². The maximum Gasteiger partial charge on any atom is 0.303 e. The molecule has 0 aliphatic carbocycles. The van der Waals surface area contributed by atoms with Gasteiger partial charge in [0.2, 0.25) is 0 Å². The quantitative estimate of drug-likeness (QED) is 0.711. The second kappa shape index (κ2) is 5.93. The maximum absolute atomic E-state index is 10.4. The Bertz CT molecular complexity index is 457. The van der Waals surface area contributed by atoms with Crippen molar-refractivity contribution in [2.75, 3.05) is 0 Å². The van der Waals surface area contributed by atoms with E-state index in [9.17, 15) is 15.0 Å². The molecule has 5 heteroatoms. The Morgan fingerprint density at radius 1 is 1.37 bits per heavy atom. The Labute approximate surface area is 111 Å². The number of aromatic hydroxyl groups is 1. The average Bonchev–Trinajstić information content (AvgIpc) is 2.34. The van der Waals surface area contributed by atoms with Crippen LogP contribution in [-0.4, -0.2) is 27.4 Å². The van der Waals surface area contributed by atoms with Crippen molar-refractivity contribution in [2.45, 2.75) is 44.3 Å². The van der Waals surface area contributed by atoms with Crippen molar-refractivity contribution in [3.05, 3.63) is 23.8 Å². The summed E-state index contributed by atoms with van der Waals surface area (Å²) in [5.41, 5.74) is 0.694. The molecule has 1 aliphatic heterocycles.